The van der Waals surface area contributed by atoms with Crippen molar-refractivity contribution < 1.29 is 15.3 Å². The van der Waals surface area contributed by atoms with Crippen LogP contribution in [-0.2, 0) is 5.79 Å². The van der Waals surface area contributed by atoms with Crippen LogP contribution in [0.15, 0.2) is 24.3 Å². The van der Waals surface area contributed by atoms with Gasteiger partial charge in [0.15, 0.2) is 5.79 Å². The third-order valence-electron chi connectivity index (χ3n) is 5.46. The molecule has 0 radical (unpaired) electrons. The molecule has 156 valence electrons. The van der Waals surface area contributed by atoms with E-state index in [-0.39, 0.29) is 17.7 Å². The second-order valence-corrected chi connectivity index (χ2v) is 8.03. The molecule has 0 aliphatic rings. The molecule has 0 saturated carbocycles. The molecule has 0 unspecified atom stereocenters. The van der Waals surface area contributed by atoms with Crippen molar-refractivity contribution in [2.45, 2.75) is 115 Å². The number of phenols is 1. The van der Waals surface area contributed by atoms with E-state index in [0.717, 1.165) is 19.3 Å². The number of para-hydroxylation sites is 1. The fourth-order valence-corrected chi connectivity index (χ4v) is 3.69. The van der Waals surface area contributed by atoms with Gasteiger partial charge in [-0.3, -0.25) is 0 Å². The lowest BCUT2D eigenvalue weighted by Gasteiger charge is -2.23. The van der Waals surface area contributed by atoms with Crippen molar-refractivity contribution in [1.82, 2.24) is 0 Å². The van der Waals surface area contributed by atoms with Crippen molar-refractivity contribution in [3.63, 3.8) is 0 Å². The molecule has 0 fully saturated rings. The molecule has 0 aromatic heterocycles. The van der Waals surface area contributed by atoms with E-state index in [9.17, 15) is 15.3 Å². The fourth-order valence-electron chi connectivity index (χ4n) is 3.69. The standard InChI is InChI=1S/C24H42O3/c1-2-3-4-5-6-7-8-9-10-11-12-13-14-15-18-21-24(26,27)22-19-16-17-20-23(22)25/h16-17,19-20,25-27H,2-15,18,21H2,1H3. The van der Waals surface area contributed by atoms with Crippen molar-refractivity contribution in [3.8, 4) is 5.75 Å². The van der Waals surface area contributed by atoms with E-state index in [1.165, 1.54) is 83.1 Å². The monoisotopic (exact) mass is 378 g/mol. The third-order valence-corrected chi connectivity index (χ3v) is 5.46. The van der Waals surface area contributed by atoms with Gasteiger partial charge in [-0.05, 0) is 18.6 Å². The van der Waals surface area contributed by atoms with E-state index in [0.29, 0.717) is 0 Å². The highest BCUT2D eigenvalue weighted by atomic mass is 16.5. The minimum atomic E-state index is -1.93. The van der Waals surface area contributed by atoms with Crippen LogP contribution in [0.5, 0.6) is 5.75 Å². The molecule has 1 rings (SSSR count). The zero-order valence-electron chi connectivity index (χ0n) is 17.5. The van der Waals surface area contributed by atoms with Crippen LogP contribution in [0.25, 0.3) is 0 Å². The van der Waals surface area contributed by atoms with Gasteiger partial charge in [-0.2, -0.15) is 0 Å². The van der Waals surface area contributed by atoms with E-state index in [2.05, 4.69) is 6.92 Å². The molecule has 3 N–H and O–H groups in total. The van der Waals surface area contributed by atoms with Gasteiger partial charge in [-0.25, -0.2) is 0 Å². The summed E-state index contributed by atoms with van der Waals surface area (Å²) in [6.07, 6.45) is 19.6. The quantitative estimate of drug-likeness (QED) is 0.206. The number of phenolic OH excluding ortho intramolecular Hbond substituents is 1. The number of benzene rings is 1. The highest BCUT2D eigenvalue weighted by Gasteiger charge is 2.27. The largest absolute Gasteiger partial charge is 0.507 e. The molecule has 0 aliphatic heterocycles. The van der Waals surface area contributed by atoms with Crippen molar-refractivity contribution >= 4 is 0 Å². The summed E-state index contributed by atoms with van der Waals surface area (Å²) < 4.78 is 0. The lowest BCUT2D eigenvalue weighted by Crippen LogP contribution is -2.24. The Labute approximate surface area is 166 Å². The Morgan fingerprint density at radius 2 is 1.04 bits per heavy atom. The maximum absolute atomic E-state index is 10.2. The Morgan fingerprint density at radius 1 is 0.630 bits per heavy atom. The summed E-state index contributed by atoms with van der Waals surface area (Å²) in [5, 5.41) is 30.1. The number of aromatic hydroxyl groups is 1. The predicted octanol–water partition coefficient (Wildman–Crippen LogP) is 6.79. The Hall–Kier alpha value is -1.06. The summed E-state index contributed by atoms with van der Waals surface area (Å²) in [6.45, 7) is 2.27. The van der Waals surface area contributed by atoms with Gasteiger partial charge in [-0.1, -0.05) is 109 Å². The van der Waals surface area contributed by atoms with Crippen LogP contribution < -0.4 is 0 Å². The highest BCUT2D eigenvalue weighted by Crippen LogP contribution is 2.31. The van der Waals surface area contributed by atoms with Crippen LogP contribution in [0.2, 0.25) is 0 Å². The smallest absolute Gasteiger partial charge is 0.193 e. The number of aliphatic hydroxyl groups is 2. The number of hydrogen-bond donors (Lipinski definition) is 3. The van der Waals surface area contributed by atoms with Gasteiger partial charge in [-0.15, -0.1) is 0 Å². The van der Waals surface area contributed by atoms with Gasteiger partial charge in [0.2, 0.25) is 0 Å². The molecule has 0 spiro atoms. The van der Waals surface area contributed by atoms with E-state index in [1.807, 2.05) is 0 Å². The molecular formula is C24H42O3. The highest BCUT2D eigenvalue weighted by molar-refractivity contribution is 5.34. The van der Waals surface area contributed by atoms with E-state index < -0.39 is 5.79 Å². The van der Waals surface area contributed by atoms with Crippen LogP contribution in [0.1, 0.15) is 115 Å². The molecule has 0 aliphatic carbocycles. The Balaban J connectivity index is 1.91. The fraction of sp³-hybridized carbons (Fsp3) is 0.750. The number of hydrogen-bond acceptors (Lipinski definition) is 3. The molecule has 3 heteroatoms. The molecular weight excluding hydrogens is 336 g/mol. The molecule has 0 bridgehead atoms. The molecule has 0 atom stereocenters. The average Bonchev–Trinajstić information content (AvgIpc) is 2.65. The van der Waals surface area contributed by atoms with Crippen molar-refractivity contribution in [3.05, 3.63) is 29.8 Å². The minimum absolute atomic E-state index is 0.0524. The summed E-state index contributed by atoms with van der Waals surface area (Å²) >= 11 is 0. The summed E-state index contributed by atoms with van der Waals surface area (Å²) in [6, 6.07) is 6.45. The lowest BCUT2D eigenvalue weighted by molar-refractivity contribution is -0.176. The lowest BCUT2D eigenvalue weighted by atomic mass is 9.97. The SMILES string of the molecule is CCCCCCCCCCCCCCCCCC(O)(O)c1ccccc1O. The molecule has 0 saturated heterocycles. The molecule has 1 aromatic rings. The van der Waals surface area contributed by atoms with E-state index in [4.69, 9.17) is 0 Å². The molecule has 0 heterocycles. The number of rotatable bonds is 17. The topological polar surface area (TPSA) is 60.7 Å². The molecule has 0 amide bonds. The zero-order valence-corrected chi connectivity index (χ0v) is 17.5. The van der Waals surface area contributed by atoms with Crippen LogP contribution in [-0.4, -0.2) is 15.3 Å². The first-order valence-electron chi connectivity index (χ1n) is 11.3. The van der Waals surface area contributed by atoms with Crippen molar-refractivity contribution in [2.75, 3.05) is 0 Å². The van der Waals surface area contributed by atoms with Gasteiger partial charge >= 0.3 is 0 Å². The summed E-state index contributed by atoms with van der Waals surface area (Å²) in [5.41, 5.74) is 0.204. The van der Waals surface area contributed by atoms with Gasteiger partial charge < -0.3 is 15.3 Å². The van der Waals surface area contributed by atoms with Crippen LogP contribution in [0, 0.1) is 0 Å². The van der Waals surface area contributed by atoms with Crippen molar-refractivity contribution in [1.29, 1.82) is 0 Å². The maximum atomic E-state index is 10.2. The van der Waals surface area contributed by atoms with Gasteiger partial charge in [0.25, 0.3) is 0 Å². The molecule has 3 nitrogen and oxygen atoms in total. The van der Waals surface area contributed by atoms with E-state index in [1.54, 1.807) is 18.2 Å². The minimum Gasteiger partial charge on any atom is -0.507 e. The zero-order chi connectivity index (χ0) is 19.8. The number of unbranched alkanes of at least 4 members (excludes halogenated alkanes) is 14. The van der Waals surface area contributed by atoms with Gasteiger partial charge in [0.1, 0.15) is 5.75 Å². The van der Waals surface area contributed by atoms with Gasteiger partial charge in [0.05, 0.1) is 5.56 Å². The first-order valence-corrected chi connectivity index (χ1v) is 11.3. The summed E-state index contributed by atoms with van der Waals surface area (Å²) in [5.74, 6) is -1.98. The Morgan fingerprint density at radius 3 is 1.48 bits per heavy atom. The normalized spacial score (nSPS) is 11.8. The Bertz CT molecular complexity index is 470. The maximum Gasteiger partial charge on any atom is 0.193 e. The van der Waals surface area contributed by atoms with Crippen LogP contribution in [0.4, 0.5) is 0 Å². The average molecular weight is 379 g/mol. The molecule has 1 aromatic carbocycles. The second kappa shape index (κ2) is 14.9. The predicted molar refractivity (Wildman–Crippen MR) is 114 cm³/mol. The van der Waals surface area contributed by atoms with Crippen molar-refractivity contribution in [2.24, 2.45) is 0 Å². The Kier molecular flexibility index (Phi) is 13.3. The van der Waals surface area contributed by atoms with E-state index >= 15 is 0 Å². The van der Waals surface area contributed by atoms with Crippen LogP contribution >= 0.6 is 0 Å². The first-order chi connectivity index (χ1) is 13.1. The third kappa shape index (κ3) is 11.4. The first kappa shape index (κ1) is 24.0. The van der Waals surface area contributed by atoms with Crippen LogP contribution in [0.3, 0.4) is 0 Å². The summed E-state index contributed by atoms with van der Waals surface area (Å²) in [4.78, 5) is 0. The molecule has 27 heavy (non-hydrogen) atoms. The second-order valence-electron chi connectivity index (χ2n) is 8.03. The van der Waals surface area contributed by atoms with Gasteiger partial charge in [0, 0.05) is 6.42 Å². The summed E-state index contributed by atoms with van der Waals surface area (Å²) in [7, 11) is 0.